The van der Waals surface area contributed by atoms with Crippen molar-refractivity contribution in [1.29, 1.82) is 0 Å². The van der Waals surface area contributed by atoms with Gasteiger partial charge in [0.1, 0.15) is 29.6 Å². The van der Waals surface area contributed by atoms with Crippen LogP contribution in [0.5, 0.6) is 5.75 Å². The van der Waals surface area contributed by atoms with Crippen molar-refractivity contribution in [3.8, 4) is 16.9 Å². The summed E-state index contributed by atoms with van der Waals surface area (Å²) in [7, 11) is 0. The Balaban J connectivity index is 1.34. The molecule has 1 fully saturated rings. The Kier molecular flexibility index (Phi) is 7.28. The molecule has 0 aliphatic carbocycles. The van der Waals surface area contributed by atoms with Crippen molar-refractivity contribution in [3.63, 3.8) is 0 Å². The van der Waals surface area contributed by atoms with Gasteiger partial charge in [-0.25, -0.2) is 14.8 Å². The van der Waals surface area contributed by atoms with Crippen LogP contribution in [0.25, 0.3) is 32.4 Å². The molecule has 4 aromatic heterocycles. The number of aromatic nitrogens is 4. The van der Waals surface area contributed by atoms with Crippen molar-refractivity contribution in [2.45, 2.75) is 26.6 Å². The molecule has 0 unspecified atom stereocenters. The number of carbonyl (C=O) groups excluding carboxylic acids is 1. The number of hydrogen-bond acceptors (Lipinski definition) is 9. The summed E-state index contributed by atoms with van der Waals surface area (Å²) < 4.78 is 49.4. The number of pyridine rings is 2. The predicted molar refractivity (Wildman–Crippen MR) is 158 cm³/mol. The minimum absolute atomic E-state index is 0.0111. The monoisotopic (exact) mass is 643 g/mol. The molecular weight excluding hydrogens is 623 g/mol. The number of carboxylic acid groups (broad SMARTS) is 1. The first-order valence-electron chi connectivity index (χ1n) is 13.1. The van der Waals surface area contributed by atoms with Gasteiger partial charge in [0, 0.05) is 27.2 Å². The van der Waals surface area contributed by atoms with Crippen LogP contribution in [0.2, 0.25) is 5.02 Å². The molecule has 5 heterocycles. The van der Waals surface area contributed by atoms with E-state index in [1.165, 1.54) is 33.1 Å². The summed E-state index contributed by atoms with van der Waals surface area (Å²) >= 11 is 7.55. The molecule has 6 rings (SSSR count). The number of ketones is 1. The smallest absolute Gasteiger partial charge is 0.420 e. The number of alkyl halides is 3. The fourth-order valence-corrected chi connectivity index (χ4v) is 6.24. The third kappa shape index (κ3) is 5.24. The first kappa shape index (κ1) is 29.5. The second-order valence-corrected chi connectivity index (χ2v) is 11.5. The summed E-state index contributed by atoms with van der Waals surface area (Å²) in [5.74, 6) is -1.25. The second kappa shape index (κ2) is 10.9. The minimum Gasteiger partial charge on any atom is -0.491 e. The maximum atomic E-state index is 13.8. The molecule has 0 radical (unpaired) electrons. The van der Waals surface area contributed by atoms with Gasteiger partial charge >= 0.3 is 12.1 Å². The Hall–Kier alpha value is -4.56. The number of halogens is 4. The largest absolute Gasteiger partial charge is 0.491 e. The van der Waals surface area contributed by atoms with Crippen LogP contribution < -0.4 is 15.2 Å². The molecule has 0 amide bonds. The quantitative estimate of drug-likeness (QED) is 0.244. The van der Waals surface area contributed by atoms with E-state index >= 15 is 0 Å². The fraction of sp³-hybridized carbons (Fsp3) is 0.241. The van der Waals surface area contributed by atoms with Gasteiger partial charge in [0.05, 0.1) is 40.9 Å². The maximum absolute atomic E-state index is 13.8. The molecule has 0 spiro atoms. The van der Waals surface area contributed by atoms with Gasteiger partial charge in [0.25, 0.3) is 5.56 Å². The number of thiophene rings is 1. The molecule has 1 saturated heterocycles. The summed E-state index contributed by atoms with van der Waals surface area (Å²) in [5.41, 5.74) is 0.0867. The average Bonchev–Trinajstić information content (AvgIpc) is 3.36. The van der Waals surface area contributed by atoms with Gasteiger partial charge in [-0.2, -0.15) is 13.2 Å². The molecule has 226 valence electrons. The van der Waals surface area contributed by atoms with Crippen LogP contribution in [0, 0.1) is 13.8 Å². The topological polar surface area (TPSA) is 128 Å². The van der Waals surface area contributed by atoms with Gasteiger partial charge in [-0.3, -0.25) is 19.1 Å². The summed E-state index contributed by atoms with van der Waals surface area (Å²) in [6, 6.07) is 7.55. The molecule has 1 N–H and O–H groups in total. The normalized spacial score (nSPS) is 13.5. The third-order valence-electron chi connectivity index (χ3n) is 7.13. The molecule has 1 aliphatic heterocycles. The number of benzene rings is 1. The van der Waals surface area contributed by atoms with E-state index in [0.29, 0.717) is 37.8 Å². The summed E-state index contributed by atoms with van der Waals surface area (Å²) in [6.45, 7) is 2.75. The van der Waals surface area contributed by atoms with Gasteiger partial charge in [-0.15, -0.1) is 11.3 Å². The Morgan fingerprint density at radius 3 is 2.50 bits per heavy atom. The second-order valence-electron chi connectivity index (χ2n) is 10.2. The zero-order valence-electron chi connectivity index (χ0n) is 23.0. The standard InChI is InChI=1S/C29H21ClF3N5O5S/c1-13-7-18(25-23(34-13)19(12-44-25)28(41)42)17-8-15(30)3-4-22(17)43-6-5-38-14(2)35-21-9-20(29(31,32)33)26(36-24(21)27(38)40)37-10-16(39)11-37/h3-4,7-9,12H,5-6,10-11H2,1-2H3,(H,41,42). The van der Waals surface area contributed by atoms with Crippen LogP contribution in [0.3, 0.4) is 0 Å². The zero-order chi connectivity index (χ0) is 31.5. The lowest BCUT2D eigenvalue weighted by molar-refractivity contribution is -0.137. The van der Waals surface area contributed by atoms with E-state index in [4.69, 9.17) is 16.3 Å². The van der Waals surface area contributed by atoms with Gasteiger partial charge in [0.15, 0.2) is 11.3 Å². The van der Waals surface area contributed by atoms with E-state index in [1.807, 2.05) is 0 Å². The fourth-order valence-electron chi connectivity index (χ4n) is 5.06. The van der Waals surface area contributed by atoms with Crippen LogP contribution in [-0.2, 0) is 17.5 Å². The van der Waals surface area contributed by atoms with Crippen LogP contribution in [0.15, 0.2) is 40.5 Å². The number of hydrogen-bond donors (Lipinski definition) is 1. The van der Waals surface area contributed by atoms with E-state index in [9.17, 15) is 32.7 Å². The molecule has 1 aromatic carbocycles. The number of fused-ring (bicyclic) bond motifs is 2. The van der Waals surface area contributed by atoms with Crippen LogP contribution in [0.4, 0.5) is 19.0 Å². The Bertz CT molecular complexity index is 2070. The highest BCUT2D eigenvalue weighted by molar-refractivity contribution is 7.18. The van der Waals surface area contributed by atoms with E-state index in [0.717, 1.165) is 6.07 Å². The van der Waals surface area contributed by atoms with Crippen LogP contribution in [0.1, 0.15) is 27.4 Å². The number of nitrogens with zero attached hydrogens (tertiary/aromatic N) is 5. The highest BCUT2D eigenvalue weighted by Crippen LogP contribution is 2.41. The molecule has 0 atom stereocenters. The molecular formula is C29H21ClF3N5O5S. The number of anilines is 1. The molecule has 44 heavy (non-hydrogen) atoms. The molecule has 1 aliphatic rings. The summed E-state index contributed by atoms with van der Waals surface area (Å²) in [5, 5.41) is 11.5. The Morgan fingerprint density at radius 1 is 1.07 bits per heavy atom. The SMILES string of the molecule is Cc1cc(-c2cc(Cl)ccc2OCCn2c(C)nc3cc(C(F)(F)F)c(N4CC(=O)C4)nc3c2=O)c2scc(C(=O)O)c2n1. The number of rotatable bonds is 7. The maximum Gasteiger partial charge on any atom is 0.420 e. The van der Waals surface area contributed by atoms with Crippen molar-refractivity contribution in [2.75, 3.05) is 24.6 Å². The average molecular weight is 644 g/mol. The van der Waals surface area contributed by atoms with E-state index < -0.39 is 29.1 Å². The van der Waals surface area contributed by atoms with Crippen molar-refractivity contribution in [2.24, 2.45) is 0 Å². The predicted octanol–water partition coefficient (Wildman–Crippen LogP) is 5.52. The lowest BCUT2D eigenvalue weighted by Crippen LogP contribution is -2.48. The van der Waals surface area contributed by atoms with E-state index in [2.05, 4.69) is 15.0 Å². The van der Waals surface area contributed by atoms with Gasteiger partial charge < -0.3 is 14.7 Å². The van der Waals surface area contributed by atoms with Crippen molar-refractivity contribution < 1.29 is 32.6 Å². The lowest BCUT2D eigenvalue weighted by Gasteiger charge is -2.32. The number of carboxylic acids is 1. The summed E-state index contributed by atoms with van der Waals surface area (Å²) in [4.78, 5) is 50.5. The first-order valence-corrected chi connectivity index (χ1v) is 14.4. The van der Waals surface area contributed by atoms with Gasteiger partial charge in [0.2, 0.25) is 0 Å². The molecule has 15 heteroatoms. The minimum atomic E-state index is -4.76. The number of carbonyl (C=O) groups is 2. The van der Waals surface area contributed by atoms with Crippen molar-refractivity contribution in [3.05, 3.63) is 73.7 Å². The first-order chi connectivity index (χ1) is 20.8. The number of aryl methyl sites for hydroxylation is 2. The third-order valence-corrected chi connectivity index (χ3v) is 8.37. The molecule has 0 saturated carbocycles. The molecule has 0 bridgehead atoms. The molecule has 10 nitrogen and oxygen atoms in total. The highest BCUT2D eigenvalue weighted by Gasteiger charge is 2.39. The van der Waals surface area contributed by atoms with Gasteiger partial charge in [-0.05, 0) is 44.2 Å². The molecule has 5 aromatic rings. The highest BCUT2D eigenvalue weighted by atomic mass is 35.5. The summed E-state index contributed by atoms with van der Waals surface area (Å²) in [6.07, 6.45) is -4.76. The number of ether oxygens (including phenoxy) is 1. The zero-order valence-corrected chi connectivity index (χ0v) is 24.6. The van der Waals surface area contributed by atoms with E-state index in [-0.39, 0.29) is 54.4 Å². The van der Waals surface area contributed by atoms with Crippen LogP contribution in [-0.4, -0.2) is 56.1 Å². The van der Waals surface area contributed by atoms with Crippen molar-refractivity contribution >= 4 is 61.8 Å². The lowest BCUT2D eigenvalue weighted by atomic mass is 10.0. The van der Waals surface area contributed by atoms with E-state index in [1.54, 1.807) is 31.2 Å². The van der Waals surface area contributed by atoms with Crippen LogP contribution >= 0.6 is 22.9 Å². The van der Waals surface area contributed by atoms with Crippen molar-refractivity contribution in [1.82, 2.24) is 19.5 Å². The number of aromatic carboxylic acids is 1. The van der Waals surface area contributed by atoms with Gasteiger partial charge in [-0.1, -0.05) is 11.6 Å². The number of Topliss-reactive ketones (excluding diaryl/α,β-unsaturated/α-hetero) is 1. The Morgan fingerprint density at radius 2 is 1.82 bits per heavy atom. The Labute approximate surface area is 255 Å².